The van der Waals surface area contributed by atoms with E-state index in [1.54, 1.807) is 6.07 Å². The third kappa shape index (κ3) is 6.34. The Labute approximate surface area is 182 Å². The monoisotopic (exact) mass is 418 g/mol. The van der Waals surface area contributed by atoms with Crippen molar-refractivity contribution in [1.82, 2.24) is 10.9 Å². The molecule has 0 saturated heterocycles. The molecule has 0 aromatic heterocycles. The summed E-state index contributed by atoms with van der Waals surface area (Å²) in [6.07, 6.45) is -0.265. The quantitative estimate of drug-likeness (QED) is 0.541. The predicted molar refractivity (Wildman–Crippen MR) is 120 cm³/mol. The fourth-order valence-electron chi connectivity index (χ4n) is 2.94. The maximum Gasteiger partial charge on any atom is 0.279 e. The number of hydrazine groups is 1. The third-order valence-corrected chi connectivity index (χ3v) is 4.62. The van der Waals surface area contributed by atoms with E-state index in [0.717, 1.165) is 16.7 Å². The Hall–Kier alpha value is -3.80. The third-order valence-electron chi connectivity index (χ3n) is 4.62. The summed E-state index contributed by atoms with van der Waals surface area (Å²) in [6, 6.07) is 24.7. The first kappa shape index (κ1) is 21.9. The van der Waals surface area contributed by atoms with Crippen LogP contribution in [-0.4, -0.2) is 24.5 Å². The first-order valence-electron chi connectivity index (χ1n) is 10.2. The molecule has 0 aliphatic carbocycles. The zero-order valence-electron chi connectivity index (χ0n) is 17.6. The number of carbonyl (C=O) groups is 2. The van der Waals surface area contributed by atoms with E-state index in [-0.39, 0.29) is 6.61 Å². The highest BCUT2D eigenvalue weighted by Crippen LogP contribution is 2.29. The SMILES string of the molecule is CC[C@@H](Oc1ccc(C)cc1)C(=O)NNC(=O)COc1ccccc1-c1ccccc1. The standard InChI is InChI=1S/C25H26N2O4/c1-3-22(31-20-15-13-18(2)14-16-20)25(29)27-26-24(28)17-30-23-12-8-7-11-21(23)19-9-5-4-6-10-19/h4-16,22H,3,17H2,1-2H3,(H,26,28)(H,27,29)/t22-/m1/s1. The first-order valence-corrected chi connectivity index (χ1v) is 10.2. The van der Waals surface area contributed by atoms with E-state index in [0.29, 0.717) is 17.9 Å². The molecule has 160 valence electrons. The second-order valence-electron chi connectivity index (χ2n) is 7.02. The molecule has 3 aromatic rings. The van der Waals surface area contributed by atoms with Crippen LogP contribution in [0.1, 0.15) is 18.9 Å². The molecule has 0 radical (unpaired) electrons. The largest absolute Gasteiger partial charge is 0.483 e. The number of aryl methyl sites for hydroxylation is 1. The zero-order valence-corrected chi connectivity index (χ0v) is 17.6. The van der Waals surface area contributed by atoms with Gasteiger partial charge in [0.2, 0.25) is 0 Å². The van der Waals surface area contributed by atoms with Crippen LogP contribution in [-0.2, 0) is 9.59 Å². The summed E-state index contributed by atoms with van der Waals surface area (Å²) < 4.78 is 11.4. The predicted octanol–water partition coefficient (Wildman–Crippen LogP) is 4.05. The Morgan fingerprint density at radius 1 is 0.871 bits per heavy atom. The van der Waals surface area contributed by atoms with Gasteiger partial charge >= 0.3 is 0 Å². The van der Waals surface area contributed by atoms with E-state index in [2.05, 4.69) is 10.9 Å². The van der Waals surface area contributed by atoms with Crippen molar-refractivity contribution in [3.05, 3.63) is 84.4 Å². The van der Waals surface area contributed by atoms with Gasteiger partial charge in [-0.25, -0.2) is 0 Å². The van der Waals surface area contributed by atoms with E-state index in [4.69, 9.17) is 9.47 Å². The number of benzene rings is 3. The Kier molecular flexibility index (Phi) is 7.65. The molecule has 6 heteroatoms. The Bertz CT molecular complexity index is 1000. The summed E-state index contributed by atoms with van der Waals surface area (Å²) in [5.74, 6) is 0.284. The van der Waals surface area contributed by atoms with Gasteiger partial charge < -0.3 is 9.47 Å². The highest BCUT2D eigenvalue weighted by molar-refractivity contribution is 5.85. The fourth-order valence-corrected chi connectivity index (χ4v) is 2.94. The van der Waals surface area contributed by atoms with Gasteiger partial charge in [-0.1, -0.05) is 73.2 Å². The molecular formula is C25H26N2O4. The van der Waals surface area contributed by atoms with Crippen LogP contribution in [0.3, 0.4) is 0 Å². The van der Waals surface area contributed by atoms with Crippen LogP contribution in [0, 0.1) is 6.92 Å². The molecule has 2 N–H and O–H groups in total. The highest BCUT2D eigenvalue weighted by Gasteiger charge is 2.19. The van der Waals surface area contributed by atoms with E-state index in [1.807, 2.05) is 86.6 Å². The van der Waals surface area contributed by atoms with Gasteiger partial charge in [-0.05, 0) is 37.1 Å². The van der Waals surface area contributed by atoms with Gasteiger partial charge in [0.05, 0.1) is 0 Å². The van der Waals surface area contributed by atoms with Crippen molar-refractivity contribution in [2.24, 2.45) is 0 Å². The molecular weight excluding hydrogens is 392 g/mol. The Balaban J connectivity index is 1.51. The van der Waals surface area contributed by atoms with Gasteiger partial charge in [0.15, 0.2) is 12.7 Å². The van der Waals surface area contributed by atoms with Gasteiger partial charge in [0.25, 0.3) is 11.8 Å². The molecule has 0 aliphatic heterocycles. The lowest BCUT2D eigenvalue weighted by Crippen LogP contribution is -2.49. The van der Waals surface area contributed by atoms with Crippen molar-refractivity contribution in [2.45, 2.75) is 26.4 Å². The average molecular weight is 418 g/mol. The van der Waals surface area contributed by atoms with Gasteiger partial charge in [-0.3, -0.25) is 20.4 Å². The topological polar surface area (TPSA) is 76.7 Å². The van der Waals surface area contributed by atoms with E-state index < -0.39 is 17.9 Å². The maximum atomic E-state index is 12.4. The molecule has 0 heterocycles. The normalized spacial score (nSPS) is 11.3. The minimum atomic E-state index is -0.720. The summed E-state index contributed by atoms with van der Waals surface area (Å²) in [7, 11) is 0. The number of carbonyl (C=O) groups excluding carboxylic acids is 2. The van der Waals surface area contributed by atoms with E-state index >= 15 is 0 Å². The summed E-state index contributed by atoms with van der Waals surface area (Å²) in [5.41, 5.74) is 7.76. The van der Waals surface area contributed by atoms with Crippen LogP contribution in [0.2, 0.25) is 0 Å². The van der Waals surface area contributed by atoms with Gasteiger partial charge in [0.1, 0.15) is 11.5 Å². The number of para-hydroxylation sites is 1. The van der Waals surface area contributed by atoms with Crippen LogP contribution >= 0.6 is 0 Å². The molecule has 0 unspecified atom stereocenters. The molecule has 31 heavy (non-hydrogen) atoms. The van der Waals surface area contributed by atoms with Gasteiger partial charge in [-0.15, -0.1) is 0 Å². The molecule has 2 amide bonds. The summed E-state index contributed by atoms with van der Waals surface area (Å²) in [5, 5.41) is 0. The minimum absolute atomic E-state index is 0.236. The number of nitrogens with one attached hydrogen (secondary N) is 2. The second-order valence-corrected chi connectivity index (χ2v) is 7.02. The Morgan fingerprint density at radius 2 is 1.55 bits per heavy atom. The van der Waals surface area contributed by atoms with Crippen molar-refractivity contribution >= 4 is 11.8 Å². The van der Waals surface area contributed by atoms with Crippen LogP contribution < -0.4 is 20.3 Å². The van der Waals surface area contributed by atoms with Crippen molar-refractivity contribution in [3.63, 3.8) is 0 Å². The smallest absolute Gasteiger partial charge is 0.279 e. The van der Waals surface area contributed by atoms with Crippen LogP contribution in [0.15, 0.2) is 78.9 Å². The molecule has 1 atom stereocenters. The molecule has 3 rings (SSSR count). The zero-order chi connectivity index (χ0) is 22.1. The molecule has 0 spiro atoms. The second kappa shape index (κ2) is 10.8. The first-order chi connectivity index (χ1) is 15.1. The Morgan fingerprint density at radius 3 is 2.26 bits per heavy atom. The number of amides is 2. The lowest BCUT2D eigenvalue weighted by atomic mass is 10.1. The minimum Gasteiger partial charge on any atom is -0.483 e. The molecule has 0 saturated carbocycles. The van der Waals surface area contributed by atoms with Crippen molar-refractivity contribution in [1.29, 1.82) is 0 Å². The number of rotatable bonds is 8. The molecule has 6 nitrogen and oxygen atoms in total. The van der Waals surface area contributed by atoms with Crippen LogP contribution in [0.4, 0.5) is 0 Å². The van der Waals surface area contributed by atoms with Crippen molar-refractivity contribution < 1.29 is 19.1 Å². The maximum absolute atomic E-state index is 12.4. The van der Waals surface area contributed by atoms with Gasteiger partial charge in [-0.2, -0.15) is 0 Å². The van der Waals surface area contributed by atoms with Crippen molar-refractivity contribution in [2.75, 3.05) is 6.61 Å². The molecule has 0 aliphatic rings. The van der Waals surface area contributed by atoms with E-state index in [9.17, 15) is 9.59 Å². The average Bonchev–Trinajstić information content (AvgIpc) is 2.81. The molecule has 0 bridgehead atoms. The fraction of sp³-hybridized carbons (Fsp3) is 0.200. The van der Waals surface area contributed by atoms with Gasteiger partial charge in [0, 0.05) is 5.56 Å². The lowest BCUT2D eigenvalue weighted by Gasteiger charge is -2.18. The summed E-state index contributed by atoms with van der Waals surface area (Å²) in [6.45, 7) is 3.58. The van der Waals surface area contributed by atoms with Crippen molar-refractivity contribution in [3.8, 4) is 22.6 Å². The summed E-state index contributed by atoms with van der Waals surface area (Å²) in [4.78, 5) is 24.6. The molecule has 0 fully saturated rings. The number of hydrogen-bond donors (Lipinski definition) is 2. The van der Waals surface area contributed by atoms with Crippen LogP contribution in [0.5, 0.6) is 11.5 Å². The lowest BCUT2D eigenvalue weighted by molar-refractivity contribution is -0.134. The molecule has 3 aromatic carbocycles. The van der Waals surface area contributed by atoms with Crippen LogP contribution in [0.25, 0.3) is 11.1 Å². The highest BCUT2D eigenvalue weighted by atomic mass is 16.5. The van der Waals surface area contributed by atoms with E-state index in [1.165, 1.54) is 0 Å². The summed E-state index contributed by atoms with van der Waals surface area (Å²) >= 11 is 0. The number of hydrogen-bond acceptors (Lipinski definition) is 4. The number of ether oxygens (including phenoxy) is 2.